The van der Waals surface area contributed by atoms with E-state index in [0.29, 0.717) is 19.8 Å². The number of hydrogen-bond acceptors (Lipinski definition) is 3. The van der Waals surface area contributed by atoms with Gasteiger partial charge in [0, 0.05) is 25.0 Å². The molecule has 0 unspecified atom stereocenters. The van der Waals surface area contributed by atoms with Crippen molar-refractivity contribution in [2.24, 2.45) is 0 Å². The number of hydrogen-bond donors (Lipinski definition) is 0. The van der Waals surface area contributed by atoms with Crippen molar-refractivity contribution in [1.29, 1.82) is 0 Å². The number of benzene rings is 2. The minimum atomic E-state index is -2.84. The number of rotatable bonds is 7. The second-order valence-corrected chi connectivity index (χ2v) is 6.90. The molecule has 0 amide bonds. The Labute approximate surface area is 170 Å². The van der Waals surface area contributed by atoms with Gasteiger partial charge in [-0.25, -0.2) is 0 Å². The third-order valence-electron chi connectivity index (χ3n) is 3.12. The fourth-order valence-corrected chi connectivity index (χ4v) is 5.14. The van der Waals surface area contributed by atoms with E-state index in [1.54, 1.807) is 0 Å². The minimum absolute atomic E-state index is 0. The van der Waals surface area contributed by atoms with Crippen LogP contribution in [0.1, 0.15) is 20.8 Å². The second kappa shape index (κ2) is 9.54. The Morgan fingerprint density at radius 1 is 0.762 bits per heavy atom. The molecule has 0 aliphatic heterocycles. The Hall–Kier alpha value is 0.433. The van der Waals surface area contributed by atoms with Gasteiger partial charge < -0.3 is 13.3 Å². The van der Waals surface area contributed by atoms with E-state index in [-0.39, 0.29) is 51.4 Å². The molecule has 0 aliphatic rings. The molecule has 0 heterocycles. The molecule has 21 heavy (non-hydrogen) atoms. The van der Waals surface area contributed by atoms with Gasteiger partial charge in [0.1, 0.15) is 0 Å². The summed E-state index contributed by atoms with van der Waals surface area (Å²) >= 11 is 0. The van der Waals surface area contributed by atoms with Gasteiger partial charge in [-0.05, 0) is 31.5 Å². The van der Waals surface area contributed by atoms with Crippen molar-refractivity contribution < 1.29 is 13.3 Å². The van der Waals surface area contributed by atoms with E-state index in [1.165, 1.54) is 5.39 Å². The van der Waals surface area contributed by atoms with Crippen molar-refractivity contribution in [3.63, 3.8) is 0 Å². The zero-order valence-electron chi connectivity index (χ0n) is 12.4. The van der Waals surface area contributed by atoms with Crippen LogP contribution in [-0.2, 0) is 13.3 Å². The third kappa shape index (κ3) is 4.46. The zero-order valence-corrected chi connectivity index (χ0v) is 13.4. The maximum atomic E-state index is 6.00. The maximum absolute atomic E-state index is 6.00. The van der Waals surface area contributed by atoms with E-state index in [1.807, 2.05) is 39.0 Å². The Kier molecular flexibility index (Phi) is 8.85. The van der Waals surface area contributed by atoms with Gasteiger partial charge in [0.2, 0.25) is 0 Å². The molecule has 0 bridgehead atoms. The van der Waals surface area contributed by atoms with Crippen LogP contribution >= 0.6 is 0 Å². The summed E-state index contributed by atoms with van der Waals surface area (Å²) in [7, 11) is -2.84. The molecule has 3 nitrogen and oxygen atoms in total. The van der Waals surface area contributed by atoms with Crippen LogP contribution in [0.15, 0.2) is 42.5 Å². The summed E-state index contributed by atoms with van der Waals surface area (Å²) in [5.74, 6) is 0. The average molecular weight is 331 g/mol. The van der Waals surface area contributed by atoms with Crippen LogP contribution in [0.4, 0.5) is 0 Å². The first-order chi connectivity index (χ1) is 9.77. The standard InChI is InChI=1S/C16H22O3Si.K.H/c1-4-17-20(18-5-2,19-6-3)16-13-9-11-14-10-7-8-12-15(14)16;;/h7-13H,4-6H2,1-3H3;;. The van der Waals surface area contributed by atoms with Crippen molar-refractivity contribution in [2.45, 2.75) is 20.8 Å². The van der Waals surface area contributed by atoms with Crippen LogP contribution in [0.25, 0.3) is 10.8 Å². The van der Waals surface area contributed by atoms with E-state index >= 15 is 0 Å². The SMILES string of the molecule is CCO[Si](OCC)(OCC)c1cccc2ccccc12.[KH]. The van der Waals surface area contributed by atoms with Gasteiger partial charge in [-0.2, -0.15) is 0 Å². The van der Waals surface area contributed by atoms with Crippen LogP contribution in [0, 0.1) is 0 Å². The molecular weight excluding hydrogens is 307 g/mol. The molecule has 0 fully saturated rings. The Morgan fingerprint density at radius 2 is 1.29 bits per heavy atom. The molecule has 0 spiro atoms. The summed E-state index contributed by atoms with van der Waals surface area (Å²) in [5, 5.41) is 3.39. The summed E-state index contributed by atoms with van der Waals surface area (Å²) < 4.78 is 18.0. The van der Waals surface area contributed by atoms with E-state index in [4.69, 9.17) is 13.3 Å². The molecule has 0 aliphatic carbocycles. The van der Waals surface area contributed by atoms with Crippen molar-refractivity contribution in [1.82, 2.24) is 0 Å². The van der Waals surface area contributed by atoms with E-state index < -0.39 is 8.80 Å². The van der Waals surface area contributed by atoms with Crippen LogP contribution in [0.5, 0.6) is 0 Å². The van der Waals surface area contributed by atoms with Gasteiger partial charge in [-0.3, -0.25) is 0 Å². The molecule has 0 atom stereocenters. The molecule has 0 radical (unpaired) electrons. The van der Waals surface area contributed by atoms with Crippen molar-refractivity contribution >= 4 is 76.1 Å². The Bertz CT molecular complexity index is 540. The van der Waals surface area contributed by atoms with Gasteiger partial charge >= 0.3 is 60.2 Å². The summed E-state index contributed by atoms with van der Waals surface area (Å²) in [5.41, 5.74) is 0. The molecule has 0 aromatic heterocycles. The fraction of sp³-hybridized carbons (Fsp3) is 0.375. The monoisotopic (exact) mass is 330 g/mol. The van der Waals surface area contributed by atoms with E-state index in [0.717, 1.165) is 10.6 Å². The first-order valence-electron chi connectivity index (χ1n) is 7.17. The molecule has 0 saturated heterocycles. The Morgan fingerprint density at radius 3 is 1.86 bits per heavy atom. The molecule has 2 rings (SSSR count). The van der Waals surface area contributed by atoms with Crippen molar-refractivity contribution in [3.8, 4) is 0 Å². The van der Waals surface area contributed by atoms with Gasteiger partial charge in [-0.15, -0.1) is 0 Å². The predicted molar refractivity (Wildman–Crippen MR) is 91.4 cm³/mol. The summed E-state index contributed by atoms with van der Waals surface area (Å²) in [6.07, 6.45) is 0. The molecule has 2 aromatic carbocycles. The van der Waals surface area contributed by atoms with Gasteiger partial charge in [0.25, 0.3) is 0 Å². The predicted octanol–water partition coefficient (Wildman–Crippen LogP) is 2.45. The van der Waals surface area contributed by atoms with Crippen LogP contribution in [0.3, 0.4) is 0 Å². The first kappa shape index (κ1) is 19.5. The zero-order chi connectivity index (χ0) is 14.4. The van der Waals surface area contributed by atoms with Gasteiger partial charge in [-0.1, -0.05) is 42.5 Å². The number of fused-ring (bicyclic) bond motifs is 1. The first-order valence-corrected chi connectivity index (χ1v) is 8.90. The normalized spacial score (nSPS) is 11.4. The molecule has 110 valence electrons. The third-order valence-corrected chi connectivity index (χ3v) is 6.22. The Balaban J connectivity index is 0.00000220. The van der Waals surface area contributed by atoms with Crippen LogP contribution in [-0.4, -0.2) is 80.0 Å². The van der Waals surface area contributed by atoms with Crippen LogP contribution in [0.2, 0.25) is 0 Å². The van der Waals surface area contributed by atoms with Gasteiger partial charge in [0.05, 0.1) is 0 Å². The molecule has 0 N–H and O–H groups in total. The van der Waals surface area contributed by atoms with E-state index in [9.17, 15) is 0 Å². The van der Waals surface area contributed by atoms with Gasteiger partial charge in [0.15, 0.2) is 0 Å². The fourth-order valence-electron chi connectivity index (χ4n) is 2.42. The average Bonchev–Trinajstić information content (AvgIpc) is 2.47. The molecule has 5 heteroatoms. The van der Waals surface area contributed by atoms with E-state index in [2.05, 4.69) is 24.3 Å². The van der Waals surface area contributed by atoms with Crippen molar-refractivity contribution in [3.05, 3.63) is 42.5 Å². The van der Waals surface area contributed by atoms with Crippen molar-refractivity contribution in [2.75, 3.05) is 19.8 Å². The van der Waals surface area contributed by atoms with Crippen LogP contribution < -0.4 is 5.19 Å². The summed E-state index contributed by atoms with van der Waals surface area (Å²) in [6, 6.07) is 14.5. The molecule has 0 saturated carbocycles. The molecular formula is C16H23KO3Si. The summed E-state index contributed by atoms with van der Waals surface area (Å²) in [4.78, 5) is 0. The summed E-state index contributed by atoms with van der Waals surface area (Å²) in [6.45, 7) is 7.67. The quantitative estimate of drug-likeness (QED) is 0.730. The second-order valence-electron chi connectivity index (χ2n) is 4.38. The molecule has 2 aromatic rings. The topological polar surface area (TPSA) is 27.7 Å².